The summed E-state index contributed by atoms with van der Waals surface area (Å²) in [7, 11) is 1.00. The molecule has 1 amide bonds. The Morgan fingerprint density at radius 3 is 1.57 bits per heavy atom. The smallest absolute Gasteiger partial charge is 0.224 e. The van der Waals surface area contributed by atoms with E-state index >= 15 is 0 Å². The van der Waals surface area contributed by atoms with Gasteiger partial charge >= 0.3 is 0 Å². The number of hydrogen-bond donors (Lipinski definition) is 4. The second-order valence-corrected chi connectivity index (χ2v) is 8.05. The summed E-state index contributed by atoms with van der Waals surface area (Å²) in [6.45, 7) is 13.5. The van der Waals surface area contributed by atoms with Gasteiger partial charge in [0.25, 0.3) is 0 Å². The first kappa shape index (κ1) is 22.6. The van der Waals surface area contributed by atoms with Gasteiger partial charge in [0, 0.05) is 13.0 Å². The lowest BCUT2D eigenvalue weighted by Crippen LogP contribution is -2.55. The molecule has 0 aromatic carbocycles. The van der Waals surface area contributed by atoms with E-state index in [0.717, 1.165) is 13.5 Å². The summed E-state index contributed by atoms with van der Waals surface area (Å²) in [5.41, 5.74) is -1.08. The second kappa shape index (κ2) is 8.71. The third-order valence-corrected chi connectivity index (χ3v) is 3.30. The predicted molar refractivity (Wildman–Crippen MR) is 85.9 cm³/mol. The molecular formula is C16H35NO4. The van der Waals surface area contributed by atoms with Crippen LogP contribution in [-0.2, 0) is 4.79 Å². The Morgan fingerprint density at radius 2 is 1.33 bits per heavy atom. The van der Waals surface area contributed by atoms with Crippen LogP contribution in [0.15, 0.2) is 0 Å². The number of rotatable bonds is 5. The molecule has 0 fully saturated rings. The maximum absolute atomic E-state index is 12.5. The number of amides is 1. The van der Waals surface area contributed by atoms with Crippen LogP contribution in [0.1, 0.15) is 54.9 Å². The molecule has 0 aromatic heterocycles. The van der Waals surface area contributed by atoms with Crippen molar-refractivity contribution in [2.75, 3.05) is 20.3 Å². The number of nitrogens with one attached hydrogen (secondary N) is 1. The summed E-state index contributed by atoms with van der Waals surface area (Å²) in [4.78, 5) is 12.5. The quantitative estimate of drug-likeness (QED) is 0.620. The molecule has 0 saturated heterocycles. The fourth-order valence-corrected chi connectivity index (χ4v) is 1.92. The molecule has 4 N–H and O–H groups in total. The van der Waals surface area contributed by atoms with Crippen LogP contribution in [0.5, 0.6) is 0 Å². The first-order chi connectivity index (χ1) is 9.34. The number of hydrogen-bond acceptors (Lipinski definition) is 4. The van der Waals surface area contributed by atoms with Gasteiger partial charge in [-0.15, -0.1) is 0 Å². The van der Waals surface area contributed by atoms with Gasteiger partial charge in [0.1, 0.15) is 0 Å². The molecule has 0 bridgehead atoms. The summed E-state index contributed by atoms with van der Waals surface area (Å²) in [6, 6.07) is 0. The largest absolute Gasteiger partial charge is 0.400 e. The van der Waals surface area contributed by atoms with Crippen LogP contribution in [0.2, 0.25) is 0 Å². The summed E-state index contributed by atoms with van der Waals surface area (Å²) in [5, 5.41) is 28.3. The van der Waals surface area contributed by atoms with Gasteiger partial charge in [-0.1, -0.05) is 41.5 Å². The molecule has 0 aliphatic carbocycles. The van der Waals surface area contributed by atoms with Gasteiger partial charge in [0.2, 0.25) is 5.91 Å². The van der Waals surface area contributed by atoms with Crippen LogP contribution in [-0.4, -0.2) is 47.1 Å². The molecule has 0 aliphatic heterocycles. The zero-order valence-corrected chi connectivity index (χ0v) is 14.9. The molecule has 0 saturated carbocycles. The van der Waals surface area contributed by atoms with Crippen molar-refractivity contribution in [3.05, 3.63) is 0 Å². The van der Waals surface area contributed by atoms with E-state index in [4.69, 9.17) is 5.11 Å². The van der Waals surface area contributed by atoms with Crippen LogP contribution >= 0.6 is 0 Å². The average Bonchev–Trinajstić information content (AvgIpc) is 2.36. The van der Waals surface area contributed by atoms with Crippen molar-refractivity contribution in [2.45, 2.75) is 60.4 Å². The topological polar surface area (TPSA) is 89.8 Å². The van der Waals surface area contributed by atoms with E-state index in [1.165, 1.54) is 0 Å². The van der Waals surface area contributed by atoms with E-state index in [2.05, 4.69) is 26.1 Å². The van der Waals surface area contributed by atoms with Gasteiger partial charge < -0.3 is 20.6 Å². The van der Waals surface area contributed by atoms with Gasteiger partial charge in [-0.25, -0.2) is 0 Å². The third kappa shape index (κ3) is 9.06. The molecule has 0 aromatic rings. The highest BCUT2D eigenvalue weighted by Gasteiger charge is 2.37. The van der Waals surface area contributed by atoms with Gasteiger partial charge in [-0.3, -0.25) is 4.79 Å². The Kier molecular flexibility index (Phi) is 9.39. The Balaban J connectivity index is 0. The lowest BCUT2D eigenvalue weighted by Gasteiger charge is -2.37. The van der Waals surface area contributed by atoms with E-state index in [1.54, 1.807) is 6.92 Å². The zero-order valence-electron chi connectivity index (χ0n) is 14.9. The lowest BCUT2D eigenvalue weighted by molar-refractivity contribution is -0.132. The van der Waals surface area contributed by atoms with Crippen LogP contribution in [0, 0.1) is 16.7 Å². The summed E-state index contributed by atoms with van der Waals surface area (Å²) < 4.78 is 0. The van der Waals surface area contributed by atoms with Crippen LogP contribution in [0.4, 0.5) is 0 Å². The number of aliphatic hydroxyl groups excluding tert-OH is 3. The van der Waals surface area contributed by atoms with Gasteiger partial charge in [0.05, 0.1) is 18.8 Å². The Labute approximate surface area is 129 Å². The minimum absolute atomic E-state index is 0.0458. The van der Waals surface area contributed by atoms with E-state index < -0.39 is 5.54 Å². The lowest BCUT2D eigenvalue weighted by atomic mass is 9.71. The monoisotopic (exact) mass is 305 g/mol. The SMILES string of the molecule is CC(C)(C)CC(C(=O)NC(C)(CO)CO)C(C)(C)C.CO. The van der Waals surface area contributed by atoms with Crippen molar-refractivity contribution in [1.82, 2.24) is 5.32 Å². The van der Waals surface area contributed by atoms with Crippen molar-refractivity contribution in [3.8, 4) is 0 Å². The van der Waals surface area contributed by atoms with Crippen molar-refractivity contribution >= 4 is 5.91 Å². The predicted octanol–water partition coefficient (Wildman–Crippen LogP) is 1.55. The van der Waals surface area contributed by atoms with Gasteiger partial charge in [-0.2, -0.15) is 0 Å². The van der Waals surface area contributed by atoms with E-state index in [1.807, 2.05) is 20.8 Å². The molecule has 128 valence electrons. The second-order valence-electron chi connectivity index (χ2n) is 8.05. The molecule has 0 spiro atoms. The Morgan fingerprint density at radius 1 is 0.952 bits per heavy atom. The van der Waals surface area contributed by atoms with Crippen LogP contribution < -0.4 is 5.32 Å². The molecular weight excluding hydrogens is 270 g/mol. The summed E-state index contributed by atoms with van der Waals surface area (Å²) in [5.74, 6) is -0.266. The highest BCUT2D eigenvalue weighted by atomic mass is 16.3. The maximum atomic E-state index is 12.5. The van der Waals surface area contributed by atoms with Crippen LogP contribution in [0.3, 0.4) is 0 Å². The third-order valence-electron chi connectivity index (χ3n) is 3.30. The Hall–Kier alpha value is -0.650. The normalized spacial score (nSPS) is 14.0. The molecule has 0 heterocycles. The van der Waals surface area contributed by atoms with E-state index in [-0.39, 0.29) is 35.9 Å². The number of carbonyl (C=O) groups excluding carboxylic acids is 1. The molecule has 5 nitrogen and oxygen atoms in total. The van der Waals surface area contributed by atoms with Crippen molar-refractivity contribution in [3.63, 3.8) is 0 Å². The minimum Gasteiger partial charge on any atom is -0.400 e. The Bertz CT molecular complexity index is 298. The molecule has 0 rings (SSSR count). The highest BCUT2D eigenvalue weighted by Crippen LogP contribution is 2.36. The van der Waals surface area contributed by atoms with Crippen LogP contribution in [0.25, 0.3) is 0 Å². The first-order valence-electron chi connectivity index (χ1n) is 7.33. The molecule has 1 atom stereocenters. The molecule has 5 heteroatoms. The highest BCUT2D eigenvalue weighted by molar-refractivity contribution is 5.80. The van der Waals surface area contributed by atoms with Gasteiger partial charge in [-0.05, 0) is 24.2 Å². The molecule has 0 aliphatic rings. The van der Waals surface area contributed by atoms with Crippen molar-refractivity contribution in [1.29, 1.82) is 0 Å². The number of aliphatic hydroxyl groups is 3. The first-order valence-corrected chi connectivity index (χ1v) is 7.33. The number of carbonyl (C=O) groups is 1. The van der Waals surface area contributed by atoms with Crippen molar-refractivity contribution in [2.24, 2.45) is 16.7 Å². The summed E-state index contributed by atoms with van der Waals surface area (Å²) in [6.07, 6.45) is 0.759. The van der Waals surface area contributed by atoms with Gasteiger partial charge in [0.15, 0.2) is 0 Å². The average molecular weight is 305 g/mol. The zero-order chi connectivity index (χ0) is 17.5. The van der Waals surface area contributed by atoms with Crippen molar-refractivity contribution < 1.29 is 20.1 Å². The fraction of sp³-hybridized carbons (Fsp3) is 0.938. The van der Waals surface area contributed by atoms with E-state index in [0.29, 0.717) is 0 Å². The molecule has 21 heavy (non-hydrogen) atoms. The molecule has 1 unspecified atom stereocenters. The maximum Gasteiger partial charge on any atom is 0.224 e. The fourth-order valence-electron chi connectivity index (χ4n) is 1.92. The molecule has 0 radical (unpaired) electrons. The summed E-state index contributed by atoms with van der Waals surface area (Å²) >= 11 is 0. The minimum atomic E-state index is -0.960. The standard InChI is InChI=1S/C15H31NO3.CH4O/c1-13(2,3)8-11(14(4,5)6)12(19)16-15(7,9-17)10-18;1-2/h11,17-18H,8-10H2,1-7H3,(H,16,19);2H,1H3. The van der Waals surface area contributed by atoms with E-state index in [9.17, 15) is 15.0 Å².